The van der Waals surface area contributed by atoms with Gasteiger partial charge in [0.2, 0.25) is 0 Å². The fraction of sp³-hybridized carbons (Fsp3) is 0.170. The van der Waals surface area contributed by atoms with Gasteiger partial charge in [-0.05, 0) is 74.7 Å². The van der Waals surface area contributed by atoms with Crippen LogP contribution in [0.15, 0.2) is 146 Å². The normalized spacial score (nSPS) is 11.9. The third-order valence-electron chi connectivity index (χ3n) is 10.9. The molecule has 5 heteroatoms. The van der Waals surface area contributed by atoms with E-state index >= 15 is 0 Å². The fourth-order valence-corrected chi connectivity index (χ4v) is 8.85. The predicted molar refractivity (Wildman–Crippen MR) is 241 cm³/mol. The van der Waals surface area contributed by atoms with E-state index in [4.69, 9.17) is 9.97 Å². The van der Waals surface area contributed by atoms with Crippen LogP contribution < -0.4 is 0 Å². The van der Waals surface area contributed by atoms with E-state index in [0.29, 0.717) is 0 Å². The van der Waals surface area contributed by atoms with Crippen LogP contribution in [0.5, 0.6) is 0 Å². The summed E-state index contributed by atoms with van der Waals surface area (Å²) >= 11 is 1.80. The molecule has 3 aromatic heterocycles. The molecule has 0 bridgehead atoms. The molecule has 0 saturated carbocycles. The standard InChI is InChI=1S/C53H45N3S.Pt/c1-34-49(43-21-14-15-24-48(43)57-34)51-55-50-42(22-16-23-47(50)56(51)46-26-25-40(52(2,3)4)33-44(46)36-19-12-9-13-20-36)38-29-39(31-41(30-38)53(5,6)7)45-32-37(27-28-54-45)35-17-10-8-11-18-35;/h8-20,22-28,30-33H,1-7H3;/q-2;+2. The van der Waals surface area contributed by atoms with E-state index in [1.54, 1.807) is 11.3 Å². The number of nitrogens with zero attached hydrogens (tertiary/aromatic N) is 3. The summed E-state index contributed by atoms with van der Waals surface area (Å²) in [6, 6.07) is 57.3. The number of hydrogen-bond acceptors (Lipinski definition) is 3. The minimum Gasteiger partial charge on any atom is -0.300 e. The average molecular weight is 951 g/mol. The van der Waals surface area contributed by atoms with Crippen LogP contribution in [0.25, 0.3) is 82.8 Å². The van der Waals surface area contributed by atoms with Gasteiger partial charge >= 0.3 is 21.1 Å². The van der Waals surface area contributed by atoms with Gasteiger partial charge in [0.1, 0.15) is 5.82 Å². The zero-order chi connectivity index (χ0) is 39.5. The van der Waals surface area contributed by atoms with E-state index in [0.717, 1.165) is 67.0 Å². The van der Waals surface area contributed by atoms with Gasteiger partial charge in [0.05, 0.1) is 16.7 Å². The Hall–Kier alpha value is -5.41. The van der Waals surface area contributed by atoms with E-state index in [1.165, 1.54) is 31.8 Å². The van der Waals surface area contributed by atoms with Crippen molar-refractivity contribution in [1.29, 1.82) is 0 Å². The molecule has 0 spiro atoms. The van der Waals surface area contributed by atoms with Crippen LogP contribution in [0, 0.1) is 19.1 Å². The van der Waals surface area contributed by atoms with Crippen LogP contribution in [-0.2, 0) is 31.9 Å². The maximum Gasteiger partial charge on any atom is 2.00 e. The molecule has 3 nitrogen and oxygen atoms in total. The second-order valence-electron chi connectivity index (χ2n) is 17.0. The number of benzene rings is 6. The molecule has 0 aliphatic carbocycles. The second kappa shape index (κ2) is 15.4. The van der Waals surface area contributed by atoms with Crippen molar-refractivity contribution < 1.29 is 21.1 Å². The smallest absolute Gasteiger partial charge is 0.300 e. The summed E-state index contributed by atoms with van der Waals surface area (Å²) in [6.45, 7) is 15.9. The van der Waals surface area contributed by atoms with E-state index in [2.05, 4.69) is 199 Å². The van der Waals surface area contributed by atoms with Crippen LogP contribution in [0.1, 0.15) is 57.5 Å². The van der Waals surface area contributed by atoms with Gasteiger partial charge in [-0.1, -0.05) is 142 Å². The molecule has 0 aliphatic heterocycles. The number of fused-ring (bicyclic) bond motifs is 2. The Balaban J connectivity index is 0.00000469. The van der Waals surface area contributed by atoms with Crippen molar-refractivity contribution in [3.63, 3.8) is 0 Å². The number of aromatic nitrogens is 3. The van der Waals surface area contributed by atoms with Gasteiger partial charge in [-0.15, -0.1) is 59.0 Å². The summed E-state index contributed by atoms with van der Waals surface area (Å²) in [4.78, 5) is 11.8. The maximum atomic E-state index is 5.69. The van der Waals surface area contributed by atoms with E-state index < -0.39 is 0 Å². The second-order valence-corrected chi connectivity index (χ2v) is 18.2. The van der Waals surface area contributed by atoms with Crippen LogP contribution in [0.2, 0.25) is 0 Å². The Morgan fingerprint density at radius 3 is 2.05 bits per heavy atom. The van der Waals surface area contributed by atoms with Crippen molar-refractivity contribution in [2.45, 2.75) is 59.3 Å². The summed E-state index contributed by atoms with van der Waals surface area (Å²) in [6.07, 6.45) is 1.91. The third kappa shape index (κ3) is 7.29. The number of para-hydroxylation sites is 1. The Morgan fingerprint density at radius 2 is 1.33 bits per heavy atom. The van der Waals surface area contributed by atoms with Crippen molar-refractivity contribution in [3.8, 4) is 61.7 Å². The number of aryl methyl sites for hydroxylation is 1. The van der Waals surface area contributed by atoms with Crippen LogP contribution in [0.3, 0.4) is 0 Å². The summed E-state index contributed by atoms with van der Waals surface area (Å²) in [7, 11) is 0. The maximum absolute atomic E-state index is 5.69. The number of rotatable bonds is 6. The zero-order valence-corrected chi connectivity index (χ0v) is 37.0. The molecule has 6 aromatic carbocycles. The zero-order valence-electron chi connectivity index (χ0n) is 33.9. The molecule has 0 radical (unpaired) electrons. The minimum atomic E-state index is -0.115. The van der Waals surface area contributed by atoms with E-state index in [1.807, 2.05) is 12.3 Å². The Morgan fingerprint density at radius 1 is 0.621 bits per heavy atom. The molecular weight excluding hydrogens is 906 g/mol. The summed E-state index contributed by atoms with van der Waals surface area (Å²) in [5, 5.41) is 1.10. The molecule has 0 aliphatic rings. The molecule has 0 N–H and O–H groups in total. The van der Waals surface area contributed by atoms with Gasteiger partial charge < -0.3 is 4.57 Å². The number of thiophene rings is 1. The van der Waals surface area contributed by atoms with Crippen LogP contribution in [0.4, 0.5) is 0 Å². The van der Waals surface area contributed by atoms with Gasteiger partial charge in [-0.3, -0.25) is 4.98 Å². The first-order valence-electron chi connectivity index (χ1n) is 19.7. The monoisotopic (exact) mass is 950 g/mol. The summed E-state index contributed by atoms with van der Waals surface area (Å²) < 4.78 is 3.60. The molecule has 0 atom stereocenters. The third-order valence-corrected chi connectivity index (χ3v) is 12.0. The minimum absolute atomic E-state index is 0. The Kier molecular flexibility index (Phi) is 10.5. The predicted octanol–water partition coefficient (Wildman–Crippen LogP) is 14.5. The largest absolute Gasteiger partial charge is 2.00 e. The fourth-order valence-electron chi connectivity index (χ4n) is 7.81. The summed E-state index contributed by atoms with van der Waals surface area (Å²) in [5.41, 5.74) is 15.1. The van der Waals surface area contributed by atoms with Crippen molar-refractivity contribution in [2.24, 2.45) is 0 Å². The van der Waals surface area contributed by atoms with Gasteiger partial charge in [-0.25, -0.2) is 16.3 Å². The summed E-state index contributed by atoms with van der Waals surface area (Å²) in [5.74, 6) is 0.911. The molecule has 9 aromatic rings. The topological polar surface area (TPSA) is 30.7 Å². The average Bonchev–Trinajstić information content (AvgIpc) is 3.77. The van der Waals surface area contributed by atoms with Gasteiger partial charge in [-0.2, -0.15) is 0 Å². The first-order valence-corrected chi connectivity index (χ1v) is 20.5. The first-order chi connectivity index (χ1) is 27.4. The Bertz CT molecular complexity index is 2930. The van der Waals surface area contributed by atoms with Crippen molar-refractivity contribution in [1.82, 2.24) is 14.5 Å². The molecule has 58 heavy (non-hydrogen) atoms. The number of imidazole rings is 1. The van der Waals surface area contributed by atoms with Crippen LogP contribution >= 0.6 is 11.3 Å². The van der Waals surface area contributed by atoms with Gasteiger partial charge in [0.15, 0.2) is 0 Å². The molecule has 0 amide bonds. The molecular formula is C53H45N3PtS. The van der Waals surface area contributed by atoms with Crippen molar-refractivity contribution in [3.05, 3.63) is 174 Å². The molecule has 0 saturated heterocycles. The SMILES string of the molecule is Cc1sc2ccc[c-]c2c1-c1nc2c(-c3[c-]c(-c4cc(-c5ccccc5)ccn4)cc(C(C)(C)C)c3)cccc2n1-c1ccc(C(C)(C)C)cc1-c1ccccc1.[Pt+2]. The quantitative estimate of drug-likeness (QED) is 0.156. The van der Waals surface area contributed by atoms with Gasteiger partial charge in [0.25, 0.3) is 0 Å². The van der Waals surface area contributed by atoms with E-state index in [9.17, 15) is 0 Å². The molecule has 3 heterocycles. The first kappa shape index (κ1) is 39.4. The molecule has 288 valence electrons. The number of pyridine rings is 1. The number of hydrogen-bond donors (Lipinski definition) is 0. The van der Waals surface area contributed by atoms with Crippen LogP contribution in [-0.4, -0.2) is 14.5 Å². The molecule has 0 fully saturated rings. The molecule has 9 rings (SSSR count). The Labute approximate surface area is 360 Å². The van der Waals surface area contributed by atoms with Crippen molar-refractivity contribution >= 4 is 32.5 Å². The van der Waals surface area contributed by atoms with Gasteiger partial charge in [0, 0.05) is 17.5 Å². The molecule has 0 unspecified atom stereocenters. The van der Waals surface area contributed by atoms with Crippen molar-refractivity contribution in [2.75, 3.05) is 0 Å². The van der Waals surface area contributed by atoms with E-state index in [-0.39, 0.29) is 31.9 Å².